The van der Waals surface area contributed by atoms with Gasteiger partial charge in [-0.2, -0.15) is 0 Å². The maximum atomic E-state index is 11.1. The van der Waals surface area contributed by atoms with Gasteiger partial charge in [-0.05, 0) is 132 Å². The maximum absolute atomic E-state index is 11.1. The number of allylic oxidation sites excluding steroid dienone is 2. The van der Waals surface area contributed by atoms with Crippen LogP contribution >= 0.6 is 0 Å². The minimum absolute atomic E-state index is 0.105. The van der Waals surface area contributed by atoms with Gasteiger partial charge in [0.25, 0.3) is 0 Å². The number of rotatable bonds is 10. The summed E-state index contributed by atoms with van der Waals surface area (Å²) >= 11 is 0. The van der Waals surface area contributed by atoms with Crippen LogP contribution in [0.3, 0.4) is 0 Å². The normalized spacial score (nSPS) is 40.9. The Morgan fingerprint density at radius 3 is 2.53 bits per heavy atom. The van der Waals surface area contributed by atoms with Crippen LogP contribution in [0.15, 0.2) is 11.6 Å². The van der Waals surface area contributed by atoms with Gasteiger partial charge in [-0.15, -0.1) is 0 Å². The van der Waals surface area contributed by atoms with Crippen molar-refractivity contribution >= 4 is 0 Å². The number of aliphatic hydroxyl groups excluding tert-OH is 1. The van der Waals surface area contributed by atoms with Crippen molar-refractivity contribution in [3.63, 3.8) is 0 Å². The number of hydrogen-bond donors (Lipinski definition) is 1. The lowest BCUT2D eigenvalue weighted by Gasteiger charge is -2.62. The molecule has 3 aliphatic carbocycles. The van der Waals surface area contributed by atoms with E-state index in [2.05, 4.69) is 54.5 Å². The lowest BCUT2D eigenvalue weighted by molar-refractivity contribution is -0.135. The number of aliphatic hydroxyl groups is 1. The highest BCUT2D eigenvalue weighted by Crippen LogP contribution is 2.68. The van der Waals surface area contributed by atoms with Gasteiger partial charge in [0, 0.05) is 6.61 Å². The van der Waals surface area contributed by atoms with Gasteiger partial charge in [0.05, 0.1) is 12.2 Å². The Morgan fingerprint density at radius 1 is 1.09 bits per heavy atom. The quantitative estimate of drug-likeness (QED) is 0.343. The molecular weight excluding hydrogens is 392 g/mol. The zero-order chi connectivity index (χ0) is 23.5. The van der Waals surface area contributed by atoms with Gasteiger partial charge >= 0.3 is 0 Å². The molecule has 2 heteroatoms. The number of hydrogen-bond acceptors (Lipinski definition) is 2. The van der Waals surface area contributed by atoms with Crippen LogP contribution in [0, 0.1) is 40.4 Å². The fraction of sp³-hybridized carbons (Fsp3) is 0.933. The van der Waals surface area contributed by atoms with Gasteiger partial charge in [0.2, 0.25) is 0 Å². The van der Waals surface area contributed by atoms with Crippen LogP contribution in [0.5, 0.6) is 0 Å². The summed E-state index contributed by atoms with van der Waals surface area (Å²) in [6.07, 6.45) is 16.3. The number of ether oxygens (including phenoxy) is 1. The molecule has 2 nitrogen and oxygen atoms in total. The third kappa shape index (κ3) is 5.32. The molecule has 0 amide bonds. The van der Waals surface area contributed by atoms with Gasteiger partial charge in [-0.1, -0.05) is 39.3 Å². The van der Waals surface area contributed by atoms with Crippen molar-refractivity contribution in [1.29, 1.82) is 0 Å². The summed E-state index contributed by atoms with van der Waals surface area (Å²) in [6.45, 7) is 17.5. The average Bonchev–Trinajstić information content (AvgIpc) is 3.19. The molecule has 9 atom stereocenters. The van der Waals surface area contributed by atoms with Gasteiger partial charge in [0.1, 0.15) is 0 Å². The SMILES string of the molecule is CCCOC(C)CCC1(C)C(C)CCC2(C)C3CCC(C(O)CCC=C(C)C)C3CCC12. The van der Waals surface area contributed by atoms with Gasteiger partial charge in [-0.25, -0.2) is 0 Å². The smallest absolute Gasteiger partial charge is 0.0574 e. The minimum atomic E-state index is -0.105. The van der Waals surface area contributed by atoms with E-state index in [4.69, 9.17) is 4.74 Å². The Balaban J connectivity index is 1.69. The van der Waals surface area contributed by atoms with Crippen LogP contribution in [0.25, 0.3) is 0 Å². The molecular formula is C30H54O2. The van der Waals surface area contributed by atoms with Crippen molar-refractivity contribution < 1.29 is 9.84 Å². The summed E-state index contributed by atoms with van der Waals surface area (Å²) in [5.41, 5.74) is 2.27. The predicted octanol–water partition coefficient (Wildman–Crippen LogP) is 8.18. The molecule has 0 aromatic carbocycles. The van der Waals surface area contributed by atoms with Gasteiger partial charge in [-0.3, -0.25) is 0 Å². The van der Waals surface area contributed by atoms with E-state index in [0.29, 0.717) is 22.9 Å². The predicted molar refractivity (Wildman–Crippen MR) is 137 cm³/mol. The zero-order valence-electron chi connectivity index (χ0n) is 22.5. The second kappa shape index (κ2) is 10.9. The van der Waals surface area contributed by atoms with E-state index in [1.54, 1.807) is 0 Å². The third-order valence-electron chi connectivity index (χ3n) is 10.6. The first-order valence-electron chi connectivity index (χ1n) is 14.1. The Kier molecular flexibility index (Phi) is 8.98. The Morgan fingerprint density at radius 2 is 1.84 bits per heavy atom. The molecule has 0 aliphatic heterocycles. The molecule has 0 spiro atoms. The summed E-state index contributed by atoms with van der Waals surface area (Å²) in [5.74, 6) is 3.76. The molecule has 9 unspecified atom stereocenters. The Labute approximate surface area is 200 Å². The standard InChI is InChI=1S/C30H54O2/c1-8-20-32-23(5)17-19-29(6)22(4)16-18-30(7)26-14-12-25(24(26)13-15-28(29)30)27(31)11-9-10-21(2)3/h10,22-28,31H,8-9,11-20H2,1-7H3. The van der Waals surface area contributed by atoms with Crippen LogP contribution in [0.2, 0.25) is 0 Å². The molecule has 32 heavy (non-hydrogen) atoms. The van der Waals surface area contributed by atoms with Crippen molar-refractivity contribution in [1.82, 2.24) is 0 Å². The molecule has 0 bridgehead atoms. The molecule has 0 heterocycles. The largest absolute Gasteiger partial charge is 0.393 e. The first kappa shape index (κ1) is 26.3. The van der Waals surface area contributed by atoms with Crippen LogP contribution in [0.4, 0.5) is 0 Å². The lowest BCUT2D eigenvalue weighted by Crippen LogP contribution is -2.55. The van der Waals surface area contributed by atoms with E-state index in [1.165, 1.54) is 56.9 Å². The van der Waals surface area contributed by atoms with Crippen LogP contribution in [-0.4, -0.2) is 23.9 Å². The summed E-state index contributed by atoms with van der Waals surface area (Å²) in [7, 11) is 0. The molecule has 1 N–H and O–H groups in total. The fourth-order valence-electron chi connectivity index (χ4n) is 8.50. The van der Waals surface area contributed by atoms with Crippen molar-refractivity contribution in [2.45, 2.75) is 131 Å². The van der Waals surface area contributed by atoms with Crippen LogP contribution < -0.4 is 0 Å². The summed E-state index contributed by atoms with van der Waals surface area (Å²) in [4.78, 5) is 0. The summed E-state index contributed by atoms with van der Waals surface area (Å²) in [6, 6.07) is 0. The highest BCUT2D eigenvalue weighted by atomic mass is 16.5. The van der Waals surface area contributed by atoms with Gasteiger partial charge < -0.3 is 9.84 Å². The minimum Gasteiger partial charge on any atom is -0.393 e. The van der Waals surface area contributed by atoms with E-state index in [0.717, 1.165) is 49.5 Å². The summed E-state index contributed by atoms with van der Waals surface area (Å²) < 4.78 is 6.05. The van der Waals surface area contributed by atoms with E-state index in [-0.39, 0.29) is 6.10 Å². The maximum Gasteiger partial charge on any atom is 0.0574 e. The fourth-order valence-corrected chi connectivity index (χ4v) is 8.50. The molecule has 0 radical (unpaired) electrons. The van der Waals surface area contributed by atoms with Crippen LogP contribution in [-0.2, 0) is 4.74 Å². The van der Waals surface area contributed by atoms with Crippen molar-refractivity contribution in [2.24, 2.45) is 40.4 Å². The molecule has 186 valence electrons. The molecule has 3 fully saturated rings. The molecule has 3 aliphatic rings. The Bertz CT molecular complexity index is 622. The van der Waals surface area contributed by atoms with E-state index in [1.807, 2.05) is 0 Å². The van der Waals surface area contributed by atoms with E-state index < -0.39 is 0 Å². The van der Waals surface area contributed by atoms with Crippen molar-refractivity contribution in [3.05, 3.63) is 11.6 Å². The highest BCUT2D eigenvalue weighted by Gasteiger charge is 2.60. The van der Waals surface area contributed by atoms with E-state index >= 15 is 0 Å². The number of fused-ring (bicyclic) bond motifs is 3. The van der Waals surface area contributed by atoms with Crippen LogP contribution in [0.1, 0.15) is 119 Å². The molecule has 3 saturated carbocycles. The van der Waals surface area contributed by atoms with Crippen molar-refractivity contribution in [2.75, 3.05) is 6.61 Å². The second-order valence-corrected chi connectivity index (χ2v) is 12.7. The average molecular weight is 447 g/mol. The zero-order valence-corrected chi connectivity index (χ0v) is 22.5. The molecule has 3 rings (SSSR count). The lowest BCUT2D eigenvalue weighted by atomic mass is 9.43. The molecule has 0 saturated heterocycles. The third-order valence-corrected chi connectivity index (χ3v) is 10.6. The summed E-state index contributed by atoms with van der Waals surface area (Å²) in [5, 5.41) is 11.1. The highest BCUT2D eigenvalue weighted by molar-refractivity contribution is 5.09. The Hall–Kier alpha value is -0.340. The van der Waals surface area contributed by atoms with Gasteiger partial charge in [0.15, 0.2) is 0 Å². The monoisotopic (exact) mass is 446 g/mol. The topological polar surface area (TPSA) is 29.5 Å². The first-order chi connectivity index (χ1) is 15.1. The van der Waals surface area contributed by atoms with E-state index in [9.17, 15) is 5.11 Å². The first-order valence-corrected chi connectivity index (χ1v) is 14.1. The molecule has 0 aromatic rings. The second-order valence-electron chi connectivity index (χ2n) is 12.7. The van der Waals surface area contributed by atoms with Crippen molar-refractivity contribution in [3.8, 4) is 0 Å². The molecule has 0 aromatic heterocycles.